The Hall–Kier alpha value is -1.68. The number of aliphatic hydroxyl groups excluding tert-OH is 1. The first-order valence-electron chi connectivity index (χ1n) is 8.24. The van der Waals surface area contributed by atoms with Crippen LogP contribution in [0.25, 0.3) is 0 Å². The minimum atomic E-state index is 0.124. The van der Waals surface area contributed by atoms with Gasteiger partial charge in [-0.2, -0.15) is 0 Å². The van der Waals surface area contributed by atoms with E-state index in [1.807, 2.05) is 17.0 Å². The molecule has 0 unspecified atom stereocenters. The number of allylic oxidation sites excluding steroid dienone is 1. The Kier molecular flexibility index (Phi) is 4.88. The molecule has 1 N–H and O–H groups in total. The van der Waals surface area contributed by atoms with Crippen molar-refractivity contribution in [3.63, 3.8) is 0 Å². The monoisotopic (exact) mass is 300 g/mol. The number of hydrogen-bond donors (Lipinski definition) is 1. The van der Waals surface area contributed by atoms with Crippen LogP contribution in [-0.2, 0) is 4.79 Å². The molecule has 2 heterocycles. The molecule has 118 valence electrons. The molecule has 4 nitrogen and oxygen atoms in total. The zero-order valence-electron chi connectivity index (χ0n) is 12.9. The Bertz CT molecular complexity index is 541. The van der Waals surface area contributed by atoms with E-state index >= 15 is 0 Å². The molecule has 1 saturated heterocycles. The largest absolute Gasteiger partial charge is 0.396 e. The lowest BCUT2D eigenvalue weighted by molar-refractivity contribution is -0.129. The van der Waals surface area contributed by atoms with Crippen molar-refractivity contribution in [2.75, 3.05) is 19.7 Å². The number of carbonyl (C=O) groups is 1. The fraction of sp³-hybridized carbons (Fsp3) is 0.556. The molecule has 1 aliphatic carbocycles. The molecule has 2 aliphatic rings. The van der Waals surface area contributed by atoms with Crippen LogP contribution in [0, 0.1) is 5.92 Å². The van der Waals surface area contributed by atoms with Gasteiger partial charge in [0.25, 0.3) is 0 Å². The number of aliphatic hydroxyl groups is 1. The highest BCUT2D eigenvalue weighted by Gasteiger charge is 2.35. The van der Waals surface area contributed by atoms with E-state index in [1.54, 1.807) is 12.4 Å². The molecule has 0 aromatic carbocycles. The minimum Gasteiger partial charge on any atom is -0.396 e. The summed E-state index contributed by atoms with van der Waals surface area (Å²) < 4.78 is 0. The Morgan fingerprint density at radius 3 is 2.77 bits per heavy atom. The second-order valence-electron chi connectivity index (χ2n) is 6.41. The molecular formula is C18H24N2O2. The van der Waals surface area contributed by atoms with Gasteiger partial charge in [-0.3, -0.25) is 9.78 Å². The van der Waals surface area contributed by atoms with E-state index in [-0.39, 0.29) is 24.3 Å². The maximum atomic E-state index is 12.5. The van der Waals surface area contributed by atoms with Gasteiger partial charge in [-0.15, -0.1) is 0 Å². The van der Waals surface area contributed by atoms with Gasteiger partial charge in [-0.25, -0.2) is 0 Å². The van der Waals surface area contributed by atoms with Crippen LogP contribution in [0.1, 0.15) is 43.6 Å². The number of nitrogens with zero attached hydrogens (tertiary/aromatic N) is 2. The van der Waals surface area contributed by atoms with Crippen LogP contribution < -0.4 is 0 Å². The highest BCUT2D eigenvalue weighted by Crippen LogP contribution is 2.33. The zero-order valence-corrected chi connectivity index (χ0v) is 12.9. The number of rotatable bonds is 4. The summed E-state index contributed by atoms with van der Waals surface area (Å²) in [5.74, 6) is 0.562. The van der Waals surface area contributed by atoms with Crippen molar-refractivity contribution in [2.24, 2.45) is 5.92 Å². The number of hydrogen-bond acceptors (Lipinski definition) is 3. The molecule has 2 atom stereocenters. The van der Waals surface area contributed by atoms with E-state index in [1.165, 1.54) is 24.0 Å². The average molecular weight is 300 g/mol. The van der Waals surface area contributed by atoms with Crippen LogP contribution in [0.5, 0.6) is 0 Å². The van der Waals surface area contributed by atoms with Crippen LogP contribution >= 0.6 is 0 Å². The number of carbonyl (C=O) groups excluding carboxylic acids is 1. The van der Waals surface area contributed by atoms with Crippen molar-refractivity contribution in [2.45, 2.75) is 38.0 Å². The van der Waals surface area contributed by atoms with E-state index in [2.05, 4.69) is 11.1 Å². The van der Waals surface area contributed by atoms with Crippen LogP contribution in [0.3, 0.4) is 0 Å². The van der Waals surface area contributed by atoms with Gasteiger partial charge in [-0.1, -0.05) is 11.6 Å². The van der Waals surface area contributed by atoms with Gasteiger partial charge >= 0.3 is 0 Å². The molecule has 0 radical (unpaired) electrons. The smallest absolute Gasteiger partial charge is 0.226 e. The van der Waals surface area contributed by atoms with E-state index in [0.29, 0.717) is 19.5 Å². The van der Waals surface area contributed by atoms with Crippen molar-refractivity contribution in [1.29, 1.82) is 0 Å². The SMILES string of the molecule is O=C(CC1=CCCCC1)N1C[C@@H](CO)[C@H](c2ccncc2)C1. The predicted octanol–water partition coefficient (Wildman–Crippen LogP) is 2.51. The van der Waals surface area contributed by atoms with Crippen molar-refractivity contribution in [3.05, 3.63) is 41.7 Å². The van der Waals surface area contributed by atoms with Crippen LogP contribution in [0.15, 0.2) is 36.2 Å². The lowest BCUT2D eigenvalue weighted by Gasteiger charge is -2.19. The Morgan fingerprint density at radius 1 is 1.27 bits per heavy atom. The van der Waals surface area contributed by atoms with Crippen LogP contribution in [0.4, 0.5) is 0 Å². The lowest BCUT2D eigenvalue weighted by atomic mass is 9.90. The van der Waals surface area contributed by atoms with Crippen molar-refractivity contribution < 1.29 is 9.90 Å². The maximum absolute atomic E-state index is 12.5. The van der Waals surface area contributed by atoms with Gasteiger partial charge in [0, 0.05) is 50.3 Å². The first-order chi connectivity index (χ1) is 10.8. The number of aromatic nitrogens is 1. The van der Waals surface area contributed by atoms with Crippen LogP contribution in [0.2, 0.25) is 0 Å². The third-order valence-corrected chi connectivity index (χ3v) is 4.93. The summed E-state index contributed by atoms with van der Waals surface area (Å²) in [4.78, 5) is 18.5. The van der Waals surface area contributed by atoms with Gasteiger partial charge in [0.2, 0.25) is 5.91 Å². The quantitative estimate of drug-likeness (QED) is 0.869. The lowest BCUT2D eigenvalue weighted by Crippen LogP contribution is -2.29. The van der Waals surface area contributed by atoms with Gasteiger partial charge < -0.3 is 10.0 Å². The number of amides is 1. The summed E-state index contributed by atoms with van der Waals surface area (Å²) in [5.41, 5.74) is 2.46. The molecule has 1 amide bonds. The Balaban J connectivity index is 1.66. The second-order valence-corrected chi connectivity index (χ2v) is 6.41. The van der Waals surface area contributed by atoms with E-state index in [9.17, 15) is 9.90 Å². The molecule has 4 heteroatoms. The van der Waals surface area contributed by atoms with E-state index in [0.717, 1.165) is 12.8 Å². The summed E-state index contributed by atoms with van der Waals surface area (Å²) >= 11 is 0. The van der Waals surface area contributed by atoms with Gasteiger partial charge in [0.15, 0.2) is 0 Å². The van der Waals surface area contributed by atoms with E-state index in [4.69, 9.17) is 0 Å². The van der Waals surface area contributed by atoms with E-state index < -0.39 is 0 Å². The highest BCUT2D eigenvalue weighted by atomic mass is 16.3. The Morgan fingerprint density at radius 2 is 2.09 bits per heavy atom. The van der Waals surface area contributed by atoms with Gasteiger partial charge in [0.05, 0.1) is 0 Å². The first kappa shape index (κ1) is 15.2. The molecule has 0 saturated carbocycles. The van der Waals surface area contributed by atoms with Gasteiger partial charge in [-0.05, 0) is 43.4 Å². The molecule has 1 aromatic heterocycles. The number of pyridine rings is 1. The summed E-state index contributed by atoms with van der Waals surface area (Å²) in [7, 11) is 0. The molecule has 1 aliphatic heterocycles. The van der Waals surface area contributed by atoms with Gasteiger partial charge in [0.1, 0.15) is 0 Å². The average Bonchev–Trinajstić information content (AvgIpc) is 3.01. The molecule has 0 bridgehead atoms. The topological polar surface area (TPSA) is 53.4 Å². The van der Waals surface area contributed by atoms with Crippen LogP contribution in [-0.4, -0.2) is 40.6 Å². The van der Waals surface area contributed by atoms with Crippen molar-refractivity contribution in [1.82, 2.24) is 9.88 Å². The third kappa shape index (κ3) is 3.38. The Labute approximate surface area is 131 Å². The summed E-state index contributed by atoms with van der Waals surface area (Å²) in [5, 5.41) is 9.65. The first-order valence-corrected chi connectivity index (χ1v) is 8.24. The molecule has 22 heavy (non-hydrogen) atoms. The second kappa shape index (κ2) is 7.05. The summed E-state index contributed by atoms with van der Waals surface area (Å²) in [6.45, 7) is 1.50. The number of likely N-dealkylation sites (tertiary alicyclic amines) is 1. The molecular weight excluding hydrogens is 276 g/mol. The third-order valence-electron chi connectivity index (χ3n) is 4.93. The molecule has 1 aromatic rings. The normalized spacial score (nSPS) is 25.1. The molecule has 3 rings (SSSR count). The predicted molar refractivity (Wildman–Crippen MR) is 85.3 cm³/mol. The fourth-order valence-electron chi connectivity index (χ4n) is 3.62. The zero-order chi connectivity index (χ0) is 15.4. The summed E-state index contributed by atoms with van der Waals surface area (Å²) in [6.07, 6.45) is 11.0. The fourth-order valence-corrected chi connectivity index (χ4v) is 3.62. The summed E-state index contributed by atoms with van der Waals surface area (Å²) in [6, 6.07) is 3.98. The van der Waals surface area contributed by atoms with Crippen molar-refractivity contribution >= 4 is 5.91 Å². The molecule has 0 spiro atoms. The maximum Gasteiger partial charge on any atom is 0.226 e. The standard InChI is InChI=1S/C18H24N2O2/c21-13-16-11-20(12-17(16)15-6-8-19-9-7-15)18(22)10-14-4-2-1-3-5-14/h4,6-9,16-17,21H,1-3,5,10-13H2/t16-,17-/m0/s1. The van der Waals surface area contributed by atoms with Crippen molar-refractivity contribution in [3.8, 4) is 0 Å². The molecule has 1 fully saturated rings. The minimum absolute atomic E-state index is 0.124. The highest BCUT2D eigenvalue weighted by molar-refractivity contribution is 5.79.